The van der Waals surface area contributed by atoms with Gasteiger partial charge < -0.3 is 5.32 Å². The molecule has 0 fully saturated rings. The van der Waals surface area contributed by atoms with Crippen LogP contribution in [0, 0.1) is 17.2 Å². The van der Waals surface area contributed by atoms with Gasteiger partial charge in [-0.1, -0.05) is 30.7 Å². The summed E-state index contributed by atoms with van der Waals surface area (Å²) >= 11 is 12.6. The predicted octanol–water partition coefficient (Wildman–Crippen LogP) is 4.92. The van der Waals surface area contributed by atoms with E-state index in [1.807, 2.05) is 12.1 Å². The fraction of sp³-hybridized carbons (Fsp3) is 0.250. The van der Waals surface area contributed by atoms with Crippen molar-refractivity contribution in [3.63, 3.8) is 0 Å². The number of nitriles is 1. The van der Waals surface area contributed by atoms with Crippen LogP contribution in [0.15, 0.2) is 30.3 Å². The molecule has 3 rings (SSSR count). The minimum absolute atomic E-state index is 0.184. The van der Waals surface area contributed by atoms with Gasteiger partial charge in [-0.3, -0.25) is 10.1 Å². The number of hydrogen-bond acceptors (Lipinski definition) is 4. The zero-order valence-electron chi connectivity index (χ0n) is 14.7. The number of hydrogen-bond donors (Lipinski definition) is 2. The summed E-state index contributed by atoms with van der Waals surface area (Å²) in [5, 5.41) is 16.7. The van der Waals surface area contributed by atoms with Crippen LogP contribution in [0.4, 0.5) is 5.00 Å². The van der Waals surface area contributed by atoms with E-state index in [1.54, 1.807) is 29.5 Å². The van der Waals surface area contributed by atoms with Crippen molar-refractivity contribution >= 4 is 57.3 Å². The van der Waals surface area contributed by atoms with Gasteiger partial charge in [-0.25, -0.2) is 0 Å². The first kappa shape index (κ1) is 19.6. The van der Waals surface area contributed by atoms with Crippen LogP contribution in [0.5, 0.6) is 0 Å². The molecule has 1 amide bonds. The van der Waals surface area contributed by atoms with Gasteiger partial charge in [-0.15, -0.1) is 11.3 Å². The van der Waals surface area contributed by atoms with Crippen molar-refractivity contribution in [3.8, 4) is 6.07 Å². The van der Waals surface area contributed by atoms with Crippen LogP contribution in [-0.2, 0) is 17.6 Å². The molecule has 4 nitrogen and oxygen atoms in total. The lowest BCUT2D eigenvalue weighted by atomic mass is 9.89. The van der Waals surface area contributed by atoms with E-state index in [9.17, 15) is 10.1 Å². The molecule has 0 radical (unpaired) electrons. The Balaban J connectivity index is 1.63. The van der Waals surface area contributed by atoms with Crippen molar-refractivity contribution in [3.05, 3.63) is 56.9 Å². The predicted molar refractivity (Wildman–Crippen MR) is 115 cm³/mol. The van der Waals surface area contributed by atoms with Crippen molar-refractivity contribution in [1.82, 2.24) is 5.32 Å². The van der Waals surface area contributed by atoms with E-state index in [0.29, 0.717) is 21.5 Å². The van der Waals surface area contributed by atoms with Gasteiger partial charge in [0.2, 0.25) is 5.91 Å². The maximum atomic E-state index is 12.1. The van der Waals surface area contributed by atoms with Gasteiger partial charge in [-0.2, -0.15) is 5.26 Å². The third kappa shape index (κ3) is 4.95. The number of carbonyl (C=O) groups is 1. The number of nitrogens with zero attached hydrogens (tertiary/aromatic N) is 1. The highest BCUT2D eigenvalue weighted by molar-refractivity contribution is 7.80. The lowest BCUT2D eigenvalue weighted by molar-refractivity contribution is -0.115. The average molecular weight is 416 g/mol. The second-order valence-electron chi connectivity index (χ2n) is 6.50. The third-order valence-electron chi connectivity index (χ3n) is 4.38. The Hall–Kier alpha value is -2.20. The van der Waals surface area contributed by atoms with Crippen molar-refractivity contribution in [2.75, 3.05) is 5.32 Å². The fourth-order valence-electron chi connectivity index (χ4n) is 2.99. The summed E-state index contributed by atoms with van der Waals surface area (Å²) in [6.07, 6.45) is 6.08. The first-order valence-corrected chi connectivity index (χ1v) is 10.2. The molecule has 138 valence electrons. The highest BCUT2D eigenvalue weighted by Gasteiger charge is 2.24. The average Bonchev–Trinajstić information content (AvgIpc) is 2.96. The van der Waals surface area contributed by atoms with Gasteiger partial charge in [0, 0.05) is 16.0 Å². The Labute approximate surface area is 172 Å². The molecular formula is C20H18ClN3OS2. The number of nitrogens with one attached hydrogen (secondary N) is 2. The van der Waals surface area contributed by atoms with E-state index in [-0.39, 0.29) is 11.0 Å². The molecule has 0 bridgehead atoms. The largest absolute Gasteiger partial charge is 0.323 e. The number of anilines is 1. The molecule has 2 aromatic rings. The van der Waals surface area contributed by atoms with Gasteiger partial charge in [0.15, 0.2) is 5.11 Å². The van der Waals surface area contributed by atoms with Gasteiger partial charge >= 0.3 is 0 Å². The van der Waals surface area contributed by atoms with E-state index in [1.165, 1.54) is 11.0 Å². The van der Waals surface area contributed by atoms with Gasteiger partial charge in [0.1, 0.15) is 11.1 Å². The van der Waals surface area contributed by atoms with Crippen LogP contribution in [0.1, 0.15) is 34.9 Å². The Morgan fingerprint density at radius 1 is 1.41 bits per heavy atom. The number of thiocarbonyl (C=S) groups is 1. The molecule has 0 aliphatic heterocycles. The number of halogens is 1. The fourth-order valence-corrected chi connectivity index (χ4v) is 4.75. The van der Waals surface area contributed by atoms with E-state index >= 15 is 0 Å². The molecule has 1 aliphatic rings. The number of amides is 1. The SMILES string of the molecule is CC1CCc2c(sc(NC(=S)NC(=O)/C=C/c3ccc(Cl)cc3)c2C#N)C1. The highest BCUT2D eigenvalue weighted by Crippen LogP contribution is 2.39. The van der Waals surface area contributed by atoms with E-state index in [4.69, 9.17) is 23.8 Å². The molecule has 27 heavy (non-hydrogen) atoms. The quantitative estimate of drug-likeness (QED) is 0.551. The first-order chi connectivity index (χ1) is 13.0. The summed E-state index contributed by atoms with van der Waals surface area (Å²) in [7, 11) is 0. The van der Waals surface area contributed by atoms with Crippen molar-refractivity contribution in [1.29, 1.82) is 5.26 Å². The monoisotopic (exact) mass is 415 g/mol. The molecule has 0 saturated heterocycles. The third-order valence-corrected chi connectivity index (χ3v) is 6.01. The summed E-state index contributed by atoms with van der Waals surface area (Å²) in [6, 6.07) is 9.43. The number of carbonyl (C=O) groups excluding carboxylic acids is 1. The number of benzene rings is 1. The molecule has 7 heteroatoms. The molecule has 1 aromatic carbocycles. The van der Waals surface area contributed by atoms with Gasteiger partial charge in [0.05, 0.1) is 5.56 Å². The summed E-state index contributed by atoms with van der Waals surface area (Å²) in [6.45, 7) is 2.22. The van der Waals surface area contributed by atoms with Crippen LogP contribution in [0.25, 0.3) is 6.08 Å². The Morgan fingerprint density at radius 3 is 2.85 bits per heavy atom. The summed E-state index contributed by atoms with van der Waals surface area (Å²) < 4.78 is 0. The topological polar surface area (TPSA) is 64.9 Å². The Bertz CT molecular complexity index is 941. The highest BCUT2D eigenvalue weighted by atomic mass is 35.5. The first-order valence-electron chi connectivity index (χ1n) is 8.56. The second kappa shape index (κ2) is 8.66. The van der Waals surface area contributed by atoms with Crippen LogP contribution in [0.3, 0.4) is 0 Å². The molecule has 1 aliphatic carbocycles. The maximum Gasteiger partial charge on any atom is 0.250 e. The molecule has 1 heterocycles. The zero-order chi connectivity index (χ0) is 19.4. The molecule has 2 N–H and O–H groups in total. The molecule has 0 saturated carbocycles. The molecular weight excluding hydrogens is 398 g/mol. The molecule has 1 atom stereocenters. The standard InChI is InChI=1S/C20H18ClN3OS2/c1-12-2-8-15-16(11-22)19(27-17(15)10-12)24-20(26)23-18(25)9-5-13-3-6-14(21)7-4-13/h3-7,9,12H,2,8,10H2,1H3,(H2,23,24,25,26)/b9-5+. The summed E-state index contributed by atoms with van der Waals surface area (Å²) in [4.78, 5) is 13.3. The Kier molecular flexibility index (Phi) is 6.27. The molecule has 1 unspecified atom stereocenters. The number of fused-ring (bicyclic) bond motifs is 1. The van der Waals surface area contributed by atoms with Crippen LogP contribution < -0.4 is 10.6 Å². The lowest BCUT2D eigenvalue weighted by Gasteiger charge is -2.17. The molecule has 1 aromatic heterocycles. The normalized spacial score (nSPS) is 15.8. The minimum atomic E-state index is -0.337. The number of thiophene rings is 1. The number of rotatable bonds is 3. The van der Waals surface area contributed by atoms with Crippen LogP contribution in [0.2, 0.25) is 5.02 Å². The zero-order valence-corrected chi connectivity index (χ0v) is 17.1. The van der Waals surface area contributed by atoms with Crippen molar-refractivity contribution in [2.45, 2.75) is 26.2 Å². The smallest absolute Gasteiger partial charge is 0.250 e. The van der Waals surface area contributed by atoms with Crippen LogP contribution in [-0.4, -0.2) is 11.0 Å². The van der Waals surface area contributed by atoms with Gasteiger partial charge in [0.25, 0.3) is 0 Å². The maximum absolute atomic E-state index is 12.1. The van der Waals surface area contributed by atoms with Crippen LogP contribution >= 0.6 is 35.2 Å². The van der Waals surface area contributed by atoms with E-state index in [2.05, 4.69) is 23.6 Å². The lowest BCUT2D eigenvalue weighted by Crippen LogP contribution is -2.32. The minimum Gasteiger partial charge on any atom is -0.323 e. The Morgan fingerprint density at radius 2 is 2.15 bits per heavy atom. The van der Waals surface area contributed by atoms with Gasteiger partial charge in [-0.05, 0) is 66.7 Å². The second-order valence-corrected chi connectivity index (χ2v) is 8.45. The summed E-state index contributed by atoms with van der Waals surface area (Å²) in [5.74, 6) is 0.288. The summed E-state index contributed by atoms with van der Waals surface area (Å²) in [5.41, 5.74) is 2.63. The van der Waals surface area contributed by atoms with E-state index in [0.717, 1.165) is 30.4 Å². The van der Waals surface area contributed by atoms with Crippen molar-refractivity contribution in [2.24, 2.45) is 5.92 Å². The van der Waals surface area contributed by atoms with E-state index < -0.39 is 0 Å². The molecule has 0 spiro atoms. The van der Waals surface area contributed by atoms with Crippen molar-refractivity contribution < 1.29 is 4.79 Å².